The molecule has 2 aromatic carbocycles. The van der Waals surface area contributed by atoms with E-state index in [1.165, 1.54) is 10.5 Å². The molecular formula is C20H20ClNO4S. The molecule has 142 valence electrons. The van der Waals surface area contributed by atoms with Crippen molar-refractivity contribution in [3.05, 3.63) is 76.5 Å². The van der Waals surface area contributed by atoms with Crippen LogP contribution >= 0.6 is 11.6 Å². The van der Waals surface area contributed by atoms with Crippen LogP contribution in [0.25, 0.3) is 0 Å². The fraction of sp³-hybridized carbons (Fsp3) is 0.250. The van der Waals surface area contributed by atoms with Gasteiger partial charge in [0, 0.05) is 17.6 Å². The van der Waals surface area contributed by atoms with Gasteiger partial charge < -0.3 is 4.74 Å². The van der Waals surface area contributed by atoms with Gasteiger partial charge in [-0.25, -0.2) is 13.2 Å². The molecule has 0 bridgehead atoms. The van der Waals surface area contributed by atoms with Gasteiger partial charge in [-0.2, -0.15) is 0 Å². The van der Waals surface area contributed by atoms with E-state index in [4.69, 9.17) is 16.3 Å². The highest BCUT2D eigenvalue weighted by atomic mass is 35.5. The minimum absolute atomic E-state index is 0.159. The van der Waals surface area contributed by atoms with Gasteiger partial charge in [-0.05, 0) is 37.6 Å². The van der Waals surface area contributed by atoms with E-state index in [0.29, 0.717) is 16.2 Å². The van der Waals surface area contributed by atoms with E-state index in [9.17, 15) is 13.2 Å². The average molecular weight is 406 g/mol. The Hall–Kier alpha value is -2.31. The molecule has 1 aliphatic heterocycles. The van der Waals surface area contributed by atoms with Crippen LogP contribution in [-0.4, -0.2) is 25.3 Å². The standard InChI is InChI=1S/C20H20ClNO4S/c1-3-26-20(23)15-12-19(17-6-4-5-7-18(17)21)22(13-15)27(24,25)16-10-8-14(2)9-11-16/h4-11,13,19H,3,12H2,1-2H3. The van der Waals surface area contributed by atoms with E-state index in [-0.39, 0.29) is 17.9 Å². The summed E-state index contributed by atoms with van der Waals surface area (Å²) in [6.45, 7) is 3.81. The van der Waals surface area contributed by atoms with E-state index in [1.807, 2.05) is 6.92 Å². The van der Waals surface area contributed by atoms with Crippen LogP contribution in [0, 0.1) is 6.92 Å². The van der Waals surface area contributed by atoms with Crippen LogP contribution in [0.15, 0.2) is 65.2 Å². The van der Waals surface area contributed by atoms with Gasteiger partial charge in [-0.1, -0.05) is 47.5 Å². The summed E-state index contributed by atoms with van der Waals surface area (Å²) in [5, 5.41) is 0.449. The summed E-state index contributed by atoms with van der Waals surface area (Å²) in [5.41, 5.74) is 1.91. The second-order valence-corrected chi connectivity index (χ2v) is 8.51. The highest BCUT2D eigenvalue weighted by molar-refractivity contribution is 7.89. The SMILES string of the molecule is CCOC(=O)C1=CN(S(=O)(=O)c2ccc(C)cc2)C(c2ccccc2Cl)C1. The third-order valence-electron chi connectivity index (χ3n) is 4.40. The van der Waals surface area contributed by atoms with Crippen LogP contribution in [0.1, 0.15) is 30.5 Å². The zero-order valence-corrected chi connectivity index (χ0v) is 16.6. The van der Waals surface area contributed by atoms with Crippen molar-refractivity contribution in [3.63, 3.8) is 0 Å². The summed E-state index contributed by atoms with van der Waals surface area (Å²) in [6, 6.07) is 13.0. The van der Waals surface area contributed by atoms with E-state index in [2.05, 4.69) is 0 Å². The summed E-state index contributed by atoms with van der Waals surface area (Å²) in [7, 11) is -3.86. The van der Waals surface area contributed by atoms with Gasteiger partial charge in [0.1, 0.15) is 0 Å². The zero-order valence-electron chi connectivity index (χ0n) is 15.1. The number of sulfonamides is 1. The Morgan fingerprint density at radius 1 is 1.19 bits per heavy atom. The van der Waals surface area contributed by atoms with Crippen LogP contribution in [-0.2, 0) is 19.6 Å². The van der Waals surface area contributed by atoms with Crippen LogP contribution < -0.4 is 0 Å². The predicted molar refractivity (Wildman–Crippen MR) is 104 cm³/mol. The molecule has 0 saturated carbocycles. The molecule has 27 heavy (non-hydrogen) atoms. The minimum atomic E-state index is -3.86. The molecule has 0 radical (unpaired) electrons. The van der Waals surface area contributed by atoms with Crippen molar-refractivity contribution in [1.82, 2.24) is 4.31 Å². The number of benzene rings is 2. The lowest BCUT2D eigenvalue weighted by Crippen LogP contribution is -2.27. The van der Waals surface area contributed by atoms with E-state index < -0.39 is 22.0 Å². The molecule has 5 nitrogen and oxygen atoms in total. The molecule has 2 aromatic rings. The highest BCUT2D eigenvalue weighted by Gasteiger charge is 2.38. The highest BCUT2D eigenvalue weighted by Crippen LogP contribution is 2.41. The van der Waals surface area contributed by atoms with E-state index >= 15 is 0 Å². The summed E-state index contributed by atoms with van der Waals surface area (Å²) in [6.07, 6.45) is 1.56. The van der Waals surface area contributed by atoms with Crippen molar-refractivity contribution >= 4 is 27.6 Å². The molecule has 1 atom stereocenters. The Labute approximate surface area is 164 Å². The first kappa shape index (κ1) is 19.5. The van der Waals surface area contributed by atoms with Crippen molar-refractivity contribution in [3.8, 4) is 0 Å². The topological polar surface area (TPSA) is 63.7 Å². The van der Waals surface area contributed by atoms with E-state index in [0.717, 1.165) is 5.56 Å². The van der Waals surface area contributed by atoms with Crippen molar-refractivity contribution in [2.45, 2.75) is 31.2 Å². The van der Waals surface area contributed by atoms with E-state index in [1.54, 1.807) is 55.5 Å². The molecule has 3 rings (SSSR count). The normalized spacial score (nSPS) is 16.9. The zero-order chi connectivity index (χ0) is 19.6. The maximum absolute atomic E-state index is 13.3. The summed E-state index contributed by atoms with van der Waals surface area (Å²) >= 11 is 6.31. The molecule has 0 aliphatic carbocycles. The lowest BCUT2D eigenvalue weighted by atomic mass is 10.0. The van der Waals surface area contributed by atoms with Crippen molar-refractivity contribution in [2.24, 2.45) is 0 Å². The number of nitrogens with zero attached hydrogens (tertiary/aromatic N) is 1. The number of hydrogen-bond acceptors (Lipinski definition) is 4. The van der Waals surface area contributed by atoms with Crippen LogP contribution in [0.4, 0.5) is 0 Å². The number of rotatable bonds is 5. The third kappa shape index (κ3) is 3.87. The predicted octanol–water partition coefficient (Wildman–Crippen LogP) is 4.23. The first-order chi connectivity index (χ1) is 12.8. The molecule has 7 heteroatoms. The minimum Gasteiger partial charge on any atom is -0.463 e. The van der Waals surface area contributed by atoms with Crippen molar-refractivity contribution in [1.29, 1.82) is 0 Å². The lowest BCUT2D eigenvalue weighted by molar-refractivity contribution is -0.138. The van der Waals surface area contributed by atoms with Gasteiger partial charge in [-0.15, -0.1) is 0 Å². The number of aryl methyl sites for hydroxylation is 1. The fourth-order valence-electron chi connectivity index (χ4n) is 3.02. The van der Waals surface area contributed by atoms with Gasteiger partial charge in [0.25, 0.3) is 10.0 Å². The second-order valence-electron chi connectivity index (χ2n) is 6.26. The van der Waals surface area contributed by atoms with Gasteiger partial charge in [-0.3, -0.25) is 4.31 Å². The summed E-state index contributed by atoms with van der Waals surface area (Å²) in [5.74, 6) is -0.517. The first-order valence-corrected chi connectivity index (χ1v) is 10.4. The smallest absolute Gasteiger partial charge is 0.335 e. The largest absolute Gasteiger partial charge is 0.463 e. The lowest BCUT2D eigenvalue weighted by Gasteiger charge is -2.26. The number of carbonyl (C=O) groups excluding carboxylic acids is 1. The quantitative estimate of drug-likeness (QED) is 0.698. The van der Waals surface area contributed by atoms with Gasteiger partial charge in [0.2, 0.25) is 0 Å². The Morgan fingerprint density at radius 2 is 1.85 bits per heavy atom. The molecule has 1 aliphatic rings. The Bertz CT molecular complexity index is 983. The van der Waals surface area contributed by atoms with Gasteiger partial charge in [0.15, 0.2) is 0 Å². The van der Waals surface area contributed by atoms with Crippen LogP contribution in [0.3, 0.4) is 0 Å². The second kappa shape index (κ2) is 7.74. The average Bonchev–Trinajstić information content (AvgIpc) is 3.09. The van der Waals surface area contributed by atoms with Crippen LogP contribution in [0.2, 0.25) is 5.02 Å². The van der Waals surface area contributed by atoms with Crippen LogP contribution in [0.5, 0.6) is 0 Å². The number of hydrogen-bond donors (Lipinski definition) is 0. The summed E-state index contributed by atoms with van der Waals surface area (Å²) < 4.78 is 32.8. The number of carbonyl (C=O) groups is 1. The Kier molecular flexibility index (Phi) is 5.58. The maximum atomic E-state index is 13.3. The van der Waals surface area contributed by atoms with Crippen molar-refractivity contribution < 1.29 is 17.9 Å². The first-order valence-electron chi connectivity index (χ1n) is 8.57. The number of ether oxygens (including phenoxy) is 1. The molecule has 0 fully saturated rings. The molecule has 0 saturated heterocycles. The number of halogens is 1. The molecule has 1 heterocycles. The molecule has 0 N–H and O–H groups in total. The third-order valence-corrected chi connectivity index (χ3v) is 6.53. The molecular weight excluding hydrogens is 386 g/mol. The van der Waals surface area contributed by atoms with Gasteiger partial charge >= 0.3 is 5.97 Å². The summed E-state index contributed by atoms with van der Waals surface area (Å²) in [4.78, 5) is 12.4. The molecule has 0 spiro atoms. The molecule has 0 amide bonds. The fourth-order valence-corrected chi connectivity index (χ4v) is 4.79. The Balaban J connectivity index is 2.07. The molecule has 0 aromatic heterocycles. The maximum Gasteiger partial charge on any atom is 0.335 e. The number of esters is 1. The molecule has 1 unspecified atom stereocenters. The Morgan fingerprint density at radius 3 is 2.48 bits per heavy atom. The van der Waals surface area contributed by atoms with Gasteiger partial charge in [0.05, 0.1) is 23.1 Å². The van der Waals surface area contributed by atoms with Crippen molar-refractivity contribution in [2.75, 3.05) is 6.61 Å². The monoisotopic (exact) mass is 405 g/mol.